The molecule has 0 heterocycles. The quantitative estimate of drug-likeness (QED) is 0.613. The van der Waals surface area contributed by atoms with Gasteiger partial charge in [-0.1, -0.05) is 13.8 Å². The van der Waals surface area contributed by atoms with Crippen LogP contribution in [0.15, 0.2) is 0 Å². The molecule has 0 radical (unpaired) electrons. The topological polar surface area (TPSA) is 67.1 Å². The molecule has 1 fully saturated rings. The van der Waals surface area contributed by atoms with E-state index in [1.807, 2.05) is 0 Å². The molecule has 0 aromatic carbocycles. The fraction of sp³-hybridized carbons (Fsp3) is 0.900. The van der Waals surface area contributed by atoms with Crippen molar-refractivity contribution in [2.75, 3.05) is 13.1 Å². The van der Waals surface area contributed by atoms with E-state index in [2.05, 4.69) is 24.5 Å². The van der Waals surface area contributed by atoms with Crippen LogP contribution in [-0.2, 0) is 0 Å². The van der Waals surface area contributed by atoms with Crippen LogP contribution in [0.5, 0.6) is 0 Å². The Hall–Kier alpha value is -0.770. The third-order valence-corrected chi connectivity index (χ3v) is 2.46. The van der Waals surface area contributed by atoms with E-state index >= 15 is 0 Å². The predicted octanol–water partition coefficient (Wildman–Crippen LogP) is 0.823. The summed E-state index contributed by atoms with van der Waals surface area (Å²) < 4.78 is 0. The molecular weight excluding hydrogens is 178 g/mol. The number of amides is 2. The van der Waals surface area contributed by atoms with Gasteiger partial charge < -0.3 is 16.4 Å². The summed E-state index contributed by atoms with van der Waals surface area (Å²) in [5.41, 5.74) is 5.58. The minimum absolute atomic E-state index is 0.0439. The second-order valence-electron chi connectivity index (χ2n) is 4.80. The van der Waals surface area contributed by atoms with Crippen LogP contribution in [0.1, 0.15) is 33.1 Å². The molecule has 0 aromatic rings. The molecule has 0 aliphatic heterocycles. The molecule has 1 aliphatic rings. The molecule has 0 atom stereocenters. The molecule has 0 aromatic heterocycles. The van der Waals surface area contributed by atoms with Gasteiger partial charge in [0.05, 0.1) is 0 Å². The first kappa shape index (κ1) is 11.3. The summed E-state index contributed by atoms with van der Waals surface area (Å²) in [5.74, 6) is 0. The van der Waals surface area contributed by atoms with Crippen molar-refractivity contribution in [2.45, 2.75) is 39.2 Å². The van der Waals surface area contributed by atoms with Crippen molar-refractivity contribution in [3.8, 4) is 0 Å². The van der Waals surface area contributed by atoms with E-state index in [9.17, 15) is 4.79 Å². The van der Waals surface area contributed by atoms with Gasteiger partial charge in [-0.2, -0.15) is 0 Å². The Labute approximate surface area is 85.6 Å². The highest BCUT2D eigenvalue weighted by Crippen LogP contribution is 2.19. The first-order valence-electron chi connectivity index (χ1n) is 5.28. The van der Waals surface area contributed by atoms with E-state index in [4.69, 9.17) is 5.73 Å². The molecule has 1 saturated carbocycles. The lowest BCUT2D eigenvalue weighted by Gasteiger charge is -2.24. The van der Waals surface area contributed by atoms with Gasteiger partial charge in [0.1, 0.15) is 0 Å². The number of carbonyl (C=O) groups excluding carboxylic acids is 1. The molecular formula is C10H21N3O. The van der Waals surface area contributed by atoms with E-state index in [1.165, 1.54) is 0 Å². The van der Waals surface area contributed by atoms with Crippen molar-refractivity contribution in [1.29, 1.82) is 0 Å². The van der Waals surface area contributed by atoms with Gasteiger partial charge in [0.15, 0.2) is 0 Å². The number of hydrogen-bond donors (Lipinski definition) is 3. The number of rotatable bonds is 5. The summed E-state index contributed by atoms with van der Waals surface area (Å²) in [6.45, 7) is 5.57. The highest BCUT2D eigenvalue weighted by atomic mass is 16.2. The molecule has 14 heavy (non-hydrogen) atoms. The predicted molar refractivity (Wildman–Crippen MR) is 57.0 cm³/mol. The summed E-state index contributed by atoms with van der Waals surface area (Å²) in [6.07, 6.45) is 3.18. The molecule has 0 spiro atoms. The first-order chi connectivity index (χ1) is 6.53. The summed E-state index contributed by atoms with van der Waals surface area (Å²) in [4.78, 5) is 11.3. The normalized spacial score (nSPS) is 16.5. The minimum Gasteiger partial charge on any atom is -0.338 e. The molecule has 4 N–H and O–H groups in total. The van der Waals surface area contributed by atoms with Gasteiger partial charge in [-0.3, -0.25) is 0 Å². The zero-order valence-electron chi connectivity index (χ0n) is 9.10. The zero-order valence-corrected chi connectivity index (χ0v) is 9.10. The van der Waals surface area contributed by atoms with Gasteiger partial charge >= 0.3 is 6.03 Å². The fourth-order valence-corrected chi connectivity index (χ4v) is 1.26. The number of nitrogens with one attached hydrogen (secondary N) is 2. The Morgan fingerprint density at radius 1 is 1.50 bits per heavy atom. The second kappa shape index (κ2) is 4.64. The van der Waals surface area contributed by atoms with Crippen LogP contribution in [0.4, 0.5) is 4.79 Å². The molecule has 0 bridgehead atoms. The molecule has 82 valence electrons. The number of nitrogens with two attached hydrogens (primary N) is 1. The van der Waals surface area contributed by atoms with Crippen LogP contribution in [0, 0.1) is 5.41 Å². The van der Waals surface area contributed by atoms with Crippen LogP contribution < -0.4 is 16.4 Å². The lowest BCUT2D eigenvalue weighted by Crippen LogP contribution is -2.42. The van der Waals surface area contributed by atoms with E-state index in [-0.39, 0.29) is 11.4 Å². The van der Waals surface area contributed by atoms with Crippen LogP contribution in [0.2, 0.25) is 0 Å². The number of urea groups is 1. The molecule has 1 aliphatic carbocycles. The van der Waals surface area contributed by atoms with E-state index in [1.54, 1.807) is 0 Å². The highest BCUT2D eigenvalue weighted by molar-refractivity contribution is 5.74. The van der Waals surface area contributed by atoms with E-state index in [0.717, 1.165) is 19.3 Å². The third-order valence-electron chi connectivity index (χ3n) is 2.46. The Balaban J connectivity index is 2.13. The summed E-state index contributed by atoms with van der Waals surface area (Å²) >= 11 is 0. The van der Waals surface area contributed by atoms with E-state index in [0.29, 0.717) is 19.1 Å². The third kappa shape index (κ3) is 4.46. The average molecular weight is 199 g/mol. The standard InChI is InChI=1S/C10H21N3O/c1-10(2,5-6-11)7-12-9(14)13-8-3-4-8/h8H,3-7,11H2,1-2H3,(H2,12,13,14). The Morgan fingerprint density at radius 2 is 2.14 bits per heavy atom. The SMILES string of the molecule is CC(C)(CCN)CNC(=O)NC1CC1. The van der Waals surface area contributed by atoms with Crippen LogP contribution in [0.3, 0.4) is 0 Å². The summed E-state index contributed by atoms with van der Waals surface area (Å²) in [7, 11) is 0. The first-order valence-corrected chi connectivity index (χ1v) is 5.28. The largest absolute Gasteiger partial charge is 0.338 e. The van der Waals surface area contributed by atoms with Crippen molar-refractivity contribution in [1.82, 2.24) is 10.6 Å². The van der Waals surface area contributed by atoms with Crippen molar-refractivity contribution in [3.05, 3.63) is 0 Å². The number of carbonyl (C=O) groups is 1. The lowest BCUT2D eigenvalue weighted by atomic mass is 9.89. The van der Waals surface area contributed by atoms with Crippen molar-refractivity contribution < 1.29 is 4.79 Å². The summed E-state index contributed by atoms with van der Waals surface area (Å²) in [6, 6.07) is 0.380. The van der Waals surface area contributed by atoms with Gasteiger partial charge in [-0.25, -0.2) is 4.79 Å². The van der Waals surface area contributed by atoms with Crippen LogP contribution in [-0.4, -0.2) is 25.2 Å². The number of hydrogen-bond acceptors (Lipinski definition) is 2. The minimum atomic E-state index is -0.0439. The fourth-order valence-electron chi connectivity index (χ4n) is 1.26. The average Bonchev–Trinajstić information content (AvgIpc) is 2.85. The van der Waals surface area contributed by atoms with Crippen molar-refractivity contribution >= 4 is 6.03 Å². The molecule has 4 nitrogen and oxygen atoms in total. The monoisotopic (exact) mass is 199 g/mol. The Bertz CT molecular complexity index is 200. The maximum Gasteiger partial charge on any atom is 0.315 e. The lowest BCUT2D eigenvalue weighted by molar-refractivity contribution is 0.232. The smallest absolute Gasteiger partial charge is 0.315 e. The molecule has 0 unspecified atom stereocenters. The maximum absolute atomic E-state index is 11.3. The molecule has 1 rings (SSSR count). The van der Waals surface area contributed by atoms with Crippen LogP contribution >= 0.6 is 0 Å². The van der Waals surface area contributed by atoms with E-state index < -0.39 is 0 Å². The second-order valence-corrected chi connectivity index (χ2v) is 4.80. The van der Waals surface area contributed by atoms with Crippen molar-refractivity contribution in [3.63, 3.8) is 0 Å². The Kier molecular flexibility index (Phi) is 3.75. The maximum atomic E-state index is 11.3. The van der Waals surface area contributed by atoms with Gasteiger partial charge in [0.25, 0.3) is 0 Å². The molecule has 2 amide bonds. The summed E-state index contributed by atoms with van der Waals surface area (Å²) in [5, 5.41) is 5.76. The Morgan fingerprint density at radius 3 is 2.64 bits per heavy atom. The zero-order chi connectivity index (χ0) is 10.6. The van der Waals surface area contributed by atoms with Gasteiger partial charge in [-0.05, 0) is 31.2 Å². The molecule has 0 saturated heterocycles. The van der Waals surface area contributed by atoms with Gasteiger partial charge in [-0.15, -0.1) is 0 Å². The van der Waals surface area contributed by atoms with Gasteiger partial charge in [0.2, 0.25) is 0 Å². The van der Waals surface area contributed by atoms with Crippen LogP contribution in [0.25, 0.3) is 0 Å². The molecule has 4 heteroatoms. The highest BCUT2D eigenvalue weighted by Gasteiger charge is 2.24. The van der Waals surface area contributed by atoms with Gasteiger partial charge in [0, 0.05) is 12.6 Å². The van der Waals surface area contributed by atoms with Crippen molar-refractivity contribution in [2.24, 2.45) is 11.1 Å².